The predicted molar refractivity (Wildman–Crippen MR) is 77.6 cm³/mol. The van der Waals surface area contributed by atoms with Crippen LogP contribution in [0.2, 0.25) is 0 Å². The zero-order valence-electron chi connectivity index (χ0n) is 10.5. The van der Waals surface area contributed by atoms with Crippen molar-refractivity contribution in [2.24, 2.45) is 0 Å². The number of hydrogen-bond donors (Lipinski definition) is 1. The van der Waals surface area contributed by atoms with E-state index in [1.165, 1.54) is 0 Å². The van der Waals surface area contributed by atoms with Crippen molar-refractivity contribution in [2.75, 3.05) is 5.73 Å². The Morgan fingerprint density at radius 2 is 2.11 bits per heavy atom. The molecule has 0 aliphatic carbocycles. The Morgan fingerprint density at radius 1 is 1.26 bits per heavy atom. The van der Waals surface area contributed by atoms with Crippen molar-refractivity contribution in [3.05, 3.63) is 55.6 Å². The van der Waals surface area contributed by atoms with Crippen molar-refractivity contribution in [3.63, 3.8) is 0 Å². The van der Waals surface area contributed by atoms with Crippen molar-refractivity contribution in [3.8, 4) is 11.3 Å². The molecule has 1 aromatic carbocycles. The number of fused-ring (bicyclic) bond motifs is 1. The van der Waals surface area contributed by atoms with Crippen molar-refractivity contribution < 1.29 is 0 Å². The van der Waals surface area contributed by atoms with Gasteiger partial charge in [0.05, 0.1) is 6.33 Å². The second-order valence-corrected chi connectivity index (χ2v) is 4.33. The van der Waals surface area contributed by atoms with Gasteiger partial charge >= 0.3 is 0 Å². The smallest absolute Gasteiger partial charge is 0.131 e. The quantitative estimate of drug-likeness (QED) is 0.727. The largest absolute Gasteiger partial charge is 0.383 e. The third kappa shape index (κ3) is 1.87. The Labute approximate surface area is 111 Å². The molecule has 0 saturated heterocycles. The summed E-state index contributed by atoms with van der Waals surface area (Å²) < 4.78 is 1.87. The molecule has 0 bridgehead atoms. The van der Waals surface area contributed by atoms with Gasteiger partial charge < -0.3 is 10.3 Å². The molecular weight excluding hydrogens is 236 g/mol. The first-order valence-corrected chi connectivity index (χ1v) is 6.06. The Balaban J connectivity index is 2.22. The summed E-state index contributed by atoms with van der Waals surface area (Å²) in [4.78, 5) is 8.67. The number of nitrogens with zero attached hydrogens (tertiary/aromatic N) is 3. The van der Waals surface area contributed by atoms with Crippen LogP contribution in [0.3, 0.4) is 0 Å². The fourth-order valence-electron chi connectivity index (χ4n) is 2.19. The van der Waals surface area contributed by atoms with Crippen LogP contribution in [0, 0.1) is 0 Å². The van der Waals surface area contributed by atoms with Crippen LogP contribution in [0.25, 0.3) is 22.0 Å². The highest BCUT2D eigenvalue weighted by Gasteiger charge is 2.12. The first-order valence-electron chi connectivity index (χ1n) is 6.06. The number of benzene rings is 1. The van der Waals surface area contributed by atoms with Crippen LogP contribution < -0.4 is 5.73 Å². The summed E-state index contributed by atoms with van der Waals surface area (Å²) in [5.74, 6) is 0.637. The van der Waals surface area contributed by atoms with Crippen LogP contribution in [0.15, 0.2) is 55.6 Å². The van der Waals surface area contributed by atoms with Crippen LogP contribution in [-0.2, 0) is 6.54 Å². The SMILES string of the molecule is C=CCn1cnc(-c2cncc3ccccc23)c1N. The molecular formula is C15H14N4. The lowest BCUT2D eigenvalue weighted by Crippen LogP contribution is -2.00. The molecule has 3 aromatic rings. The summed E-state index contributed by atoms with van der Waals surface area (Å²) in [7, 11) is 0. The van der Waals surface area contributed by atoms with Crippen LogP contribution in [0.1, 0.15) is 0 Å². The fourth-order valence-corrected chi connectivity index (χ4v) is 2.19. The summed E-state index contributed by atoms with van der Waals surface area (Å²) >= 11 is 0. The van der Waals surface area contributed by atoms with Gasteiger partial charge in [0.1, 0.15) is 11.5 Å². The van der Waals surface area contributed by atoms with Gasteiger partial charge in [-0.1, -0.05) is 30.3 Å². The van der Waals surface area contributed by atoms with E-state index in [0.717, 1.165) is 22.0 Å². The molecule has 2 heterocycles. The number of rotatable bonds is 3. The minimum Gasteiger partial charge on any atom is -0.383 e. The standard InChI is InChI=1S/C15H14N4/c1-2-7-19-10-18-14(15(19)16)13-9-17-8-11-5-3-4-6-12(11)13/h2-6,8-10H,1,7,16H2. The first kappa shape index (κ1) is 11.5. The molecule has 19 heavy (non-hydrogen) atoms. The number of allylic oxidation sites excluding steroid dienone is 1. The number of hydrogen-bond acceptors (Lipinski definition) is 3. The molecule has 0 atom stereocenters. The summed E-state index contributed by atoms with van der Waals surface area (Å²) in [6.45, 7) is 4.36. The number of nitrogen functional groups attached to an aromatic ring is 1. The highest BCUT2D eigenvalue weighted by atomic mass is 15.1. The molecule has 0 aliphatic heterocycles. The molecule has 2 aromatic heterocycles. The van der Waals surface area contributed by atoms with E-state index in [1.54, 1.807) is 18.6 Å². The topological polar surface area (TPSA) is 56.7 Å². The van der Waals surface area contributed by atoms with E-state index in [9.17, 15) is 0 Å². The number of anilines is 1. The highest BCUT2D eigenvalue weighted by molar-refractivity contribution is 5.96. The first-order chi connectivity index (χ1) is 9.31. The van der Waals surface area contributed by atoms with E-state index >= 15 is 0 Å². The average Bonchev–Trinajstić information content (AvgIpc) is 2.80. The Kier molecular flexibility index (Phi) is 2.76. The van der Waals surface area contributed by atoms with Crippen molar-refractivity contribution in [1.29, 1.82) is 0 Å². The van der Waals surface area contributed by atoms with E-state index in [2.05, 4.69) is 22.6 Å². The lowest BCUT2D eigenvalue weighted by molar-refractivity contribution is 0.833. The van der Waals surface area contributed by atoms with Gasteiger partial charge in [0.2, 0.25) is 0 Å². The zero-order valence-corrected chi connectivity index (χ0v) is 10.5. The molecule has 3 rings (SSSR count). The molecule has 94 valence electrons. The van der Waals surface area contributed by atoms with E-state index in [4.69, 9.17) is 5.73 Å². The molecule has 2 N–H and O–H groups in total. The second kappa shape index (κ2) is 4.57. The molecule has 4 nitrogen and oxygen atoms in total. The van der Waals surface area contributed by atoms with E-state index in [1.807, 2.05) is 29.0 Å². The molecule has 0 radical (unpaired) electrons. The van der Waals surface area contributed by atoms with Crippen LogP contribution in [0.5, 0.6) is 0 Å². The zero-order chi connectivity index (χ0) is 13.2. The molecule has 0 unspecified atom stereocenters. The predicted octanol–water partition coefficient (Wildman–Crippen LogP) is 2.87. The van der Waals surface area contributed by atoms with Gasteiger partial charge in [-0.05, 0) is 5.39 Å². The van der Waals surface area contributed by atoms with Crippen molar-refractivity contribution in [2.45, 2.75) is 6.54 Å². The van der Waals surface area contributed by atoms with Crippen molar-refractivity contribution in [1.82, 2.24) is 14.5 Å². The number of aromatic nitrogens is 3. The van der Waals surface area contributed by atoms with Crippen LogP contribution in [-0.4, -0.2) is 14.5 Å². The van der Waals surface area contributed by atoms with Gasteiger partial charge in [0.25, 0.3) is 0 Å². The lowest BCUT2D eigenvalue weighted by atomic mass is 10.1. The normalized spacial score (nSPS) is 10.7. The summed E-state index contributed by atoms with van der Waals surface area (Å²) in [5, 5.41) is 2.19. The van der Waals surface area contributed by atoms with Gasteiger partial charge in [-0.25, -0.2) is 4.98 Å². The van der Waals surface area contributed by atoms with Gasteiger partial charge in [-0.2, -0.15) is 0 Å². The van der Waals surface area contributed by atoms with Gasteiger partial charge in [0, 0.05) is 29.9 Å². The third-order valence-corrected chi connectivity index (χ3v) is 3.13. The van der Waals surface area contributed by atoms with Crippen LogP contribution >= 0.6 is 0 Å². The molecule has 0 saturated carbocycles. The maximum atomic E-state index is 6.14. The van der Waals surface area contributed by atoms with E-state index in [-0.39, 0.29) is 0 Å². The summed E-state index contributed by atoms with van der Waals surface area (Å²) in [5.41, 5.74) is 7.86. The van der Waals surface area contributed by atoms with Gasteiger partial charge in [-0.3, -0.25) is 4.98 Å². The maximum absolute atomic E-state index is 6.14. The second-order valence-electron chi connectivity index (χ2n) is 4.33. The Morgan fingerprint density at radius 3 is 2.95 bits per heavy atom. The number of pyridine rings is 1. The Bertz CT molecular complexity index is 737. The highest BCUT2D eigenvalue weighted by Crippen LogP contribution is 2.30. The molecule has 0 amide bonds. The average molecular weight is 250 g/mol. The van der Waals surface area contributed by atoms with Gasteiger partial charge in [-0.15, -0.1) is 6.58 Å². The minimum absolute atomic E-state index is 0.637. The molecule has 0 spiro atoms. The van der Waals surface area contributed by atoms with E-state index in [0.29, 0.717) is 12.4 Å². The molecule has 0 aliphatic rings. The fraction of sp³-hybridized carbons (Fsp3) is 0.0667. The maximum Gasteiger partial charge on any atom is 0.131 e. The Hall–Kier alpha value is -2.62. The monoisotopic (exact) mass is 250 g/mol. The number of imidazole rings is 1. The minimum atomic E-state index is 0.637. The number of nitrogens with two attached hydrogens (primary N) is 1. The molecule has 4 heteroatoms. The lowest BCUT2D eigenvalue weighted by Gasteiger charge is -2.05. The third-order valence-electron chi connectivity index (χ3n) is 3.13. The van der Waals surface area contributed by atoms with Crippen LogP contribution in [0.4, 0.5) is 5.82 Å². The summed E-state index contributed by atoms with van der Waals surface area (Å²) in [6, 6.07) is 8.08. The van der Waals surface area contributed by atoms with Gasteiger partial charge in [0.15, 0.2) is 0 Å². The van der Waals surface area contributed by atoms with Crippen molar-refractivity contribution >= 4 is 16.6 Å². The molecule has 0 fully saturated rings. The summed E-state index contributed by atoms with van der Waals surface area (Å²) in [6.07, 6.45) is 7.17. The van der Waals surface area contributed by atoms with E-state index < -0.39 is 0 Å².